The Morgan fingerprint density at radius 2 is 1.40 bits per heavy atom. The number of benzene rings is 2. The molecule has 0 aliphatic rings. The Bertz CT molecular complexity index is 711. The van der Waals surface area contributed by atoms with Crippen LogP contribution < -0.4 is 9.80 Å². The van der Waals surface area contributed by atoms with Crippen LogP contribution in [-0.4, -0.2) is 44.4 Å². The van der Waals surface area contributed by atoms with E-state index in [1.54, 1.807) is 11.9 Å². The summed E-state index contributed by atoms with van der Waals surface area (Å²) in [7, 11) is 5.67. The van der Waals surface area contributed by atoms with Crippen LogP contribution in [0.15, 0.2) is 54.6 Å². The molecule has 25 heavy (non-hydrogen) atoms. The largest absolute Gasteiger partial charge is 0.378 e. The molecule has 2 rings (SSSR count). The number of anilines is 2. The minimum Gasteiger partial charge on any atom is -0.378 e. The predicted molar refractivity (Wildman–Crippen MR) is 102 cm³/mol. The lowest BCUT2D eigenvalue weighted by molar-refractivity contribution is -0.130. The second-order valence-corrected chi connectivity index (χ2v) is 6.25. The van der Waals surface area contributed by atoms with Crippen LogP contribution in [0.2, 0.25) is 0 Å². The number of nitrogens with zero attached hydrogens (tertiary/aromatic N) is 3. The Morgan fingerprint density at radius 1 is 0.840 bits per heavy atom. The first-order valence-corrected chi connectivity index (χ1v) is 8.22. The molecule has 0 aliphatic heterocycles. The molecule has 0 saturated heterocycles. The predicted octanol–water partition coefficient (Wildman–Crippen LogP) is 2.76. The van der Waals surface area contributed by atoms with Crippen molar-refractivity contribution in [2.24, 2.45) is 0 Å². The minimum atomic E-state index is -0.154. The van der Waals surface area contributed by atoms with Crippen LogP contribution in [0.4, 0.5) is 11.4 Å². The molecule has 132 valence electrons. The lowest BCUT2D eigenvalue weighted by Gasteiger charge is -2.25. The van der Waals surface area contributed by atoms with Crippen molar-refractivity contribution in [2.75, 3.05) is 37.5 Å². The second kappa shape index (κ2) is 8.33. The number of amides is 2. The Morgan fingerprint density at radius 3 is 1.92 bits per heavy atom. The molecule has 0 unspecified atom stereocenters. The van der Waals surface area contributed by atoms with Gasteiger partial charge >= 0.3 is 0 Å². The van der Waals surface area contributed by atoms with Gasteiger partial charge in [-0.2, -0.15) is 0 Å². The summed E-state index contributed by atoms with van der Waals surface area (Å²) in [5, 5.41) is 0. The smallest absolute Gasteiger partial charge is 0.242 e. The van der Waals surface area contributed by atoms with Crippen molar-refractivity contribution >= 4 is 23.2 Å². The number of carbonyl (C=O) groups is 2. The summed E-state index contributed by atoms with van der Waals surface area (Å²) in [5.41, 5.74) is 2.82. The van der Waals surface area contributed by atoms with Gasteiger partial charge in [0.25, 0.3) is 0 Å². The highest BCUT2D eigenvalue weighted by atomic mass is 16.2. The average molecular weight is 339 g/mol. The fraction of sp³-hybridized carbons (Fsp3) is 0.300. The first-order chi connectivity index (χ1) is 11.9. The molecule has 0 saturated carbocycles. The Kier molecular flexibility index (Phi) is 6.17. The van der Waals surface area contributed by atoms with Gasteiger partial charge in [-0.1, -0.05) is 30.3 Å². The molecule has 0 aliphatic carbocycles. The van der Waals surface area contributed by atoms with Gasteiger partial charge in [0.2, 0.25) is 11.8 Å². The molecule has 0 N–H and O–H groups in total. The number of rotatable bonds is 6. The van der Waals surface area contributed by atoms with Gasteiger partial charge in [-0.05, 0) is 29.8 Å². The average Bonchev–Trinajstić information content (AvgIpc) is 2.60. The van der Waals surface area contributed by atoms with Crippen LogP contribution in [-0.2, 0) is 16.1 Å². The first-order valence-electron chi connectivity index (χ1n) is 8.22. The lowest BCUT2D eigenvalue weighted by Crippen LogP contribution is -2.40. The summed E-state index contributed by atoms with van der Waals surface area (Å²) in [6.07, 6.45) is 0. The fourth-order valence-corrected chi connectivity index (χ4v) is 2.52. The van der Waals surface area contributed by atoms with Gasteiger partial charge in [0, 0.05) is 46.0 Å². The molecule has 0 radical (unpaired) electrons. The zero-order chi connectivity index (χ0) is 18.4. The molecule has 0 bridgehead atoms. The van der Waals surface area contributed by atoms with Gasteiger partial charge in [0.15, 0.2) is 0 Å². The van der Waals surface area contributed by atoms with Crippen molar-refractivity contribution in [2.45, 2.75) is 13.5 Å². The van der Waals surface area contributed by atoms with Crippen molar-refractivity contribution in [1.29, 1.82) is 0 Å². The molecule has 0 heterocycles. The van der Waals surface area contributed by atoms with Crippen molar-refractivity contribution in [3.05, 3.63) is 60.2 Å². The van der Waals surface area contributed by atoms with E-state index in [0.29, 0.717) is 6.54 Å². The first kappa shape index (κ1) is 18.5. The van der Waals surface area contributed by atoms with Gasteiger partial charge in [-0.3, -0.25) is 9.59 Å². The van der Waals surface area contributed by atoms with E-state index in [1.165, 1.54) is 11.8 Å². The number of carbonyl (C=O) groups excluding carboxylic acids is 2. The molecule has 5 nitrogen and oxygen atoms in total. The molecular weight excluding hydrogens is 314 g/mol. The summed E-state index contributed by atoms with van der Waals surface area (Å²) in [6.45, 7) is 2.02. The highest BCUT2D eigenvalue weighted by Crippen LogP contribution is 2.20. The highest BCUT2D eigenvalue weighted by Gasteiger charge is 2.18. The minimum absolute atomic E-state index is 0.0278. The van der Waals surface area contributed by atoms with E-state index in [0.717, 1.165) is 16.9 Å². The molecule has 2 aromatic rings. The topological polar surface area (TPSA) is 43.9 Å². The number of hydrogen-bond acceptors (Lipinski definition) is 3. The maximum Gasteiger partial charge on any atom is 0.242 e. The van der Waals surface area contributed by atoms with Crippen molar-refractivity contribution in [1.82, 2.24) is 4.90 Å². The summed E-state index contributed by atoms with van der Waals surface area (Å²) in [6, 6.07) is 17.4. The van der Waals surface area contributed by atoms with Gasteiger partial charge in [0.1, 0.15) is 6.54 Å². The van der Waals surface area contributed by atoms with Crippen LogP contribution in [0.1, 0.15) is 12.5 Å². The molecule has 0 fully saturated rings. The van der Waals surface area contributed by atoms with E-state index in [2.05, 4.69) is 0 Å². The van der Waals surface area contributed by atoms with Crippen LogP contribution in [0.25, 0.3) is 0 Å². The monoisotopic (exact) mass is 339 g/mol. The van der Waals surface area contributed by atoms with E-state index >= 15 is 0 Å². The van der Waals surface area contributed by atoms with E-state index in [9.17, 15) is 9.59 Å². The number of hydrogen-bond donors (Lipinski definition) is 0. The molecule has 0 aromatic heterocycles. The molecule has 0 atom stereocenters. The van der Waals surface area contributed by atoms with Gasteiger partial charge in [-0.15, -0.1) is 0 Å². The van der Waals surface area contributed by atoms with Crippen LogP contribution in [0.5, 0.6) is 0 Å². The van der Waals surface area contributed by atoms with Crippen molar-refractivity contribution in [3.63, 3.8) is 0 Å². The third-order valence-corrected chi connectivity index (χ3v) is 4.04. The number of likely N-dealkylation sites (N-methyl/N-ethyl adjacent to an activating group) is 1. The van der Waals surface area contributed by atoms with Crippen LogP contribution in [0, 0.1) is 0 Å². The molecule has 2 amide bonds. The Balaban J connectivity index is 2.07. The molecular formula is C20H25N3O2. The van der Waals surface area contributed by atoms with E-state index in [-0.39, 0.29) is 18.4 Å². The Hall–Kier alpha value is -2.82. The van der Waals surface area contributed by atoms with E-state index < -0.39 is 0 Å². The van der Waals surface area contributed by atoms with Gasteiger partial charge < -0.3 is 14.7 Å². The standard InChI is InChI=1S/C20H25N3O2/c1-16(24)23(19-12-10-18(11-13-19)21(2)3)15-20(25)22(4)14-17-8-6-5-7-9-17/h5-13H,14-15H2,1-4H3. The zero-order valence-electron chi connectivity index (χ0n) is 15.3. The van der Waals surface area contributed by atoms with E-state index in [1.807, 2.05) is 73.6 Å². The molecule has 5 heteroatoms. The van der Waals surface area contributed by atoms with Crippen LogP contribution in [0.3, 0.4) is 0 Å². The molecule has 2 aromatic carbocycles. The maximum absolute atomic E-state index is 12.5. The lowest BCUT2D eigenvalue weighted by atomic mass is 10.2. The van der Waals surface area contributed by atoms with Gasteiger partial charge in [-0.25, -0.2) is 0 Å². The fourth-order valence-electron chi connectivity index (χ4n) is 2.52. The third-order valence-electron chi connectivity index (χ3n) is 4.04. The third kappa shape index (κ3) is 5.08. The quantitative estimate of drug-likeness (QED) is 0.813. The SMILES string of the molecule is CC(=O)N(CC(=O)N(C)Cc1ccccc1)c1ccc(N(C)C)cc1. The van der Waals surface area contributed by atoms with Crippen molar-refractivity contribution < 1.29 is 9.59 Å². The Labute approximate surface area is 149 Å². The highest BCUT2D eigenvalue weighted by molar-refractivity contribution is 5.97. The summed E-state index contributed by atoms with van der Waals surface area (Å²) in [5.74, 6) is -0.255. The zero-order valence-corrected chi connectivity index (χ0v) is 15.3. The van der Waals surface area contributed by atoms with Gasteiger partial charge in [0.05, 0.1) is 0 Å². The molecule has 0 spiro atoms. The normalized spacial score (nSPS) is 10.2. The summed E-state index contributed by atoms with van der Waals surface area (Å²) >= 11 is 0. The maximum atomic E-state index is 12.5. The summed E-state index contributed by atoms with van der Waals surface area (Å²) < 4.78 is 0. The second-order valence-electron chi connectivity index (χ2n) is 6.25. The van der Waals surface area contributed by atoms with Crippen molar-refractivity contribution in [3.8, 4) is 0 Å². The summed E-state index contributed by atoms with van der Waals surface area (Å²) in [4.78, 5) is 29.7. The van der Waals surface area contributed by atoms with E-state index in [4.69, 9.17) is 0 Å². The van der Waals surface area contributed by atoms with Crippen LogP contribution >= 0.6 is 0 Å².